The molecule has 0 saturated heterocycles. The minimum Gasteiger partial charge on any atom is -0.486 e. The van der Waals surface area contributed by atoms with Gasteiger partial charge in [0.25, 0.3) is 5.91 Å². The molecule has 31 heavy (non-hydrogen) atoms. The van der Waals surface area contributed by atoms with Crippen molar-refractivity contribution in [3.8, 4) is 11.4 Å². The van der Waals surface area contributed by atoms with Gasteiger partial charge < -0.3 is 4.74 Å². The molecule has 0 aliphatic carbocycles. The van der Waals surface area contributed by atoms with Crippen LogP contribution in [0.1, 0.15) is 16.1 Å². The van der Waals surface area contributed by atoms with Crippen LogP contribution in [0.4, 0.5) is 4.39 Å². The summed E-state index contributed by atoms with van der Waals surface area (Å²) in [4.78, 5) is 21.8. The largest absolute Gasteiger partial charge is 0.486 e. The number of hydrogen-bond donors (Lipinski definition) is 0. The van der Waals surface area contributed by atoms with Crippen molar-refractivity contribution in [2.24, 2.45) is 0 Å². The van der Waals surface area contributed by atoms with Crippen molar-refractivity contribution in [2.45, 2.75) is 6.61 Å². The van der Waals surface area contributed by atoms with Gasteiger partial charge >= 0.3 is 0 Å². The smallest absolute Gasteiger partial charge is 0.279 e. The van der Waals surface area contributed by atoms with E-state index in [2.05, 4.69) is 26.0 Å². The van der Waals surface area contributed by atoms with Gasteiger partial charge in [-0.25, -0.2) is 14.1 Å². The topological polar surface area (TPSA) is 69.5 Å². The maximum Gasteiger partial charge on any atom is 0.279 e. The second-order valence-corrected chi connectivity index (χ2v) is 7.50. The third-order valence-corrected chi connectivity index (χ3v) is 5.36. The van der Waals surface area contributed by atoms with Gasteiger partial charge in [-0.2, -0.15) is 5.10 Å². The molecule has 0 N–H and O–H groups in total. The molecule has 0 aliphatic heterocycles. The van der Waals surface area contributed by atoms with Gasteiger partial charge in [-0.3, -0.25) is 14.6 Å². The zero-order chi connectivity index (χ0) is 22.0. The van der Waals surface area contributed by atoms with Crippen LogP contribution in [0, 0.1) is 5.82 Å². The van der Waals surface area contributed by atoms with E-state index >= 15 is 0 Å². The summed E-state index contributed by atoms with van der Waals surface area (Å²) in [6.07, 6.45) is 3.33. The summed E-state index contributed by atoms with van der Waals surface area (Å²) in [7, 11) is 2.95. The van der Waals surface area contributed by atoms with E-state index in [0.717, 1.165) is 26.1 Å². The number of carbonyl (C=O) groups excluding carboxylic acids is 1. The highest BCUT2D eigenvalue weighted by atomic mass is 79.9. The second-order valence-electron chi connectivity index (χ2n) is 6.65. The van der Waals surface area contributed by atoms with Gasteiger partial charge in [-0.1, -0.05) is 0 Å². The van der Waals surface area contributed by atoms with Crippen LogP contribution in [0.25, 0.3) is 16.6 Å². The normalized spacial score (nSPS) is 11.0. The summed E-state index contributed by atoms with van der Waals surface area (Å²) in [6.45, 7) is 0.0776. The summed E-state index contributed by atoms with van der Waals surface area (Å²) in [5, 5.41) is 6.42. The molecule has 2 heterocycles. The highest BCUT2D eigenvalue weighted by molar-refractivity contribution is 9.10. The fourth-order valence-corrected chi connectivity index (χ4v) is 3.55. The molecular weight excluding hydrogens is 467 g/mol. The van der Waals surface area contributed by atoms with Crippen LogP contribution >= 0.6 is 15.9 Å². The van der Waals surface area contributed by atoms with Gasteiger partial charge in [0.15, 0.2) is 0 Å². The third kappa shape index (κ3) is 4.28. The maximum atomic E-state index is 13.3. The van der Waals surface area contributed by atoms with Crippen LogP contribution in [0.2, 0.25) is 0 Å². The lowest BCUT2D eigenvalue weighted by atomic mass is 10.2. The van der Waals surface area contributed by atoms with Crippen LogP contribution in [-0.2, 0) is 11.4 Å². The number of hydrogen-bond acceptors (Lipinski definition) is 5. The third-order valence-electron chi connectivity index (χ3n) is 4.74. The Morgan fingerprint density at radius 1 is 1.23 bits per heavy atom. The average Bonchev–Trinajstić information content (AvgIpc) is 3.19. The Kier molecular flexibility index (Phi) is 5.97. The molecular formula is C22H18BrFN4O3. The minimum atomic E-state index is -0.321. The predicted octanol–water partition coefficient (Wildman–Crippen LogP) is 4.53. The van der Waals surface area contributed by atoms with Gasteiger partial charge in [-0.15, -0.1) is 0 Å². The number of rotatable bonds is 6. The lowest BCUT2D eigenvalue weighted by molar-refractivity contribution is -0.0758. The summed E-state index contributed by atoms with van der Waals surface area (Å²) in [5.41, 5.74) is 2.39. The summed E-state index contributed by atoms with van der Waals surface area (Å²) < 4.78 is 21.7. The van der Waals surface area contributed by atoms with Crippen molar-refractivity contribution in [3.05, 3.63) is 82.5 Å². The Balaban J connectivity index is 1.64. The molecule has 7 nitrogen and oxygen atoms in total. The van der Waals surface area contributed by atoms with Crippen molar-refractivity contribution >= 4 is 32.7 Å². The van der Waals surface area contributed by atoms with E-state index in [1.807, 2.05) is 12.1 Å². The highest BCUT2D eigenvalue weighted by Crippen LogP contribution is 2.32. The van der Waals surface area contributed by atoms with Gasteiger partial charge in [0.05, 0.1) is 40.2 Å². The summed E-state index contributed by atoms with van der Waals surface area (Å²) >= 11 is 3.52. The zero-order valence-electron chi connectivity index (χ0n) is 16.8. The van der Waals surface area contributed by atoms with E-state index < -0.39 is 0 Å². The monoisotopic (exact) mass is 484 g/mol. The lowest BCUT2D eigenvalue weighted by Gasteiger charge is -2.16. The van der Waals surface area contributed by atoms with Crippen molar-refractivity contribution in [1.82, 2.24) is 19.8 Å². The zero-order valence-corrected chi connectivity index (χ0v) is 18.3. The molecule has 9 heteroatoms. The molecule has 0 bridgehead atoms. The summed E-state index contributed by atoms with van der Waals surface area (Å²) in [6, 6.07) is 13.2. The van der Waals surface area contributed by atoms with Crippen molar-refractivity contribution < 1.29 is 18.8 Å². The number of pyridine rings is 1. The molecule has 0 fully saturated rings. The fourth-order valence-electron chi connectivity index (χ4n) is 3.07. The Bertz CT molecular complexity index is 1240. The molecule has 0 aliphatic rings. The number of ether oxygens (including phenoxy) is 1. The standard InChI is InChI=1S/C22H18BrFN4O3/c1-27(30-2)22(29)17-4-3-9-25-19(17)13-31-21-11-20-14(10-18(21)23)12-26-28(20)16-7-5-15(24)6-8-16/h3-12H,13H2,1-2H3. The number of halogens is 2. The van der Waals surface area contributed by atoms with Crippen LogP contribution in [0.3, 0.4) is 0 Å². The Morgan fingerprint density at radius 3 is 2.74 bits per heavy atom. The molecule has 0 atom stereocenters. The number of hydroxylamine groups is 2. The molecule has 0 unspecified atom stereocenters. The van der Waals surface area contributed by atoms with Gasteiger partial charge in [-0.05, 0) is 58.4 Å². The maximum absolute atomic E-state index is 13.3. The van der Waals surface area contributed by atoms with Crippen LogP contribution in [-0.4, -0.2) is 39.9 Å². The molecule has 2 aromatic heterocycles. The fraction of sp³-hybridized carbons (Fsp3) is 0.136. The Labute approximate surface area is 186 Å². The average molecular weight is 485 g/mol. The van der Waals surface area contributed by atoms with E-state index in [-0.39, 0.29) is 18.3 Å². The second kappa shape index (κ2) is 8.83. The van der Waals surface area contributed by atoms with E-state index in [0.29, 0.717) is 17.0 Å². The molecule has 0 radical (unpaired) electrons. The van der Waals surface area contributed by atoms with Crippen LogP contribution in [0.15, 0.2) is 65.4 Å². The van der Waals surface area contributed by atoms with Crippen LogP contribution < -0.4 is 4.74 Å². The number of benzene rings is 2. The lowest BCUT2D eigenvalue weighted by Crippen LogP contribution is -2.27. The number of carbonyl (C=O) groups is 1. The van der Waals surface area contributed by atoms with E-state index in [1.54, 1.807) is 41.3 Å². The van der Waals surface area contributed by atoms with E-state index in [4.69, 9.17) is 9.57 Å². The van der Waals surface area contributed by atoms with E-state index in [1.165, 1.54) is 26.3 Å². The number of fused-ring (bicyclic) bond motifs is 1. The minimum absolute atomic E-state index is 0.0776. The van der Waals surface area contributed by atoms with Gasteiger partial charge in [0.2, 0.25) is 0 Å². The van der Waals surface area contributed by atoms with Gasteiger partial charge in [0, 0.05) is 24.7 Å². The first kappa shape index (κ1) is 21.0. The van der Waals surface area contributed by atoms with Crippen molar-refractivity contribution in [1.29, 1.82) is 0 Å². The predicted molar refractivity (Wildman–Crippen MR) is 116 cm³/mol. The molecule has 0 saturated carbocycles. The Hall–Kier alpha value is -3.30. The molecule has 4 aromatic rings. The molecule has 1 amide bonds. The van der Waals surface area contributed by atoms with E-state index in [9.17, 15) is 9.18 Å². The van der Waals surface area contributed by atoms with Crippen molar-refractivity contribution in [3.63, 3.8) is 0 Å². The molecule has 158 valence electrons. The SMILES string of the molecule is CON(C)C(=O)c1cccnc1COc1cc2c(cnn2-c2ccc(F)cc2)cc1Br. The summed E-state index contributed by atoms with van der Waals surface area (Å²) in [5.74, 6) is -0.0783. The van der Waals surface area contributed by atoms with Crippen LogP contribution in [0.5, 0.6) is 5.75 Å². The van der Waals surface area contributed by atoms with Gasteiger partial charge in [0.1, 0.15) is 18.2 Å². The quantitative estimate of drug-likeness (QED) is 0.376. The first-order valence-corrected chi connectivity index (χ1v) is 10.1. The number of nitrogens with zero attached hydrogens (tertiary/aromatic N) is 4. The Morgan fingerprint density at radius 2 is 2.00 bits per heavy atom. The first-order chi connectivity index (χ1) is 15.0. The molecule has 2 aromatic carbocycles. The van der Waals surface area contributed by atoms with Crippen molar-refractivity contribution in [2.75, 3.05) is 14.2 Å². The molecule has 0 spiro atoms. The number of aromatic nitrogens is 3. The highest BCUT2D eigenvalue weighted by Gasteiger charge is 2.18. The molecule has 4 rings (SSSR count). The number of amides is 1. The first-order valence-electron chi connectivity index (χ1n) is 9.30.